The lowest BCUT2D eigenvalue weighted by Gasteiger charge is -2.16. The Morgan fingerprint density at radius 2 is 1.91 bits per heavy atom. The number of hydrogen-bond donors (Lipinski definition) is 0. The predicted molar refractivity (Wildman–Crippen MR) is 90.2 cm³/mol. The first kappa shape index (κ1) is 17.6. The Morgan fingerprint density at radius 3 is 2.45 bits per heavy atom. The second-order valence-corrected chi connectivity index (χ2v) is 4.50. The number of amides is 1. The van der Waals surface area contributed by atoms with E-state index in [1.54, 1.807) is 30.2 Å². The lowest BCUT2D eigenvalue weighted by Crippen LogP contribution is -2.29. The summed E-state index contributed by atoms with van der Waals surface area (Å²) >= 11 is 0. The molecule has 0 heterocycles. The van der Waals surface area contributed by atoms with Crippen LogP contribution in [0, 0.1) is 0 Å². The number of rotatable bonds is 9. The molecule has 0 fully saturated rings. The third-order valence-electron chi connectivity index (χ3n) is 2.92. The number of carbonyl (C=O) groups excluding carboxylic acids is 1. The zero-order chi connectivity index (χ0) is 16.4. The molecular formula is C18H23NO3. The van der Waals surface area contributed by atoms with Crippen LogP contribution in [0.3, 0.4) is 0 Å². The Kier molecular flexibility index (Phi) is 7.54. The third kappa shape index (κ3) is 5.13. The summed E-state index contributed by atoms with van der Waals surface area (Å²) in [6, 6.07) is 5.54. The molecule has 0 radical (unpaired) electrons. The summed E-state index contributed by atoms with van der Waals surface area (Å²) in [7, 11) is 1.59. The molecule has 4 nitrogen and oxygen atoms in total. The van der Waals surface area contributed by atoms with Gasteiger partial charge in [-0.1, -0.05) is 18.2 Å². The van der Waals surface area contributed by atoms with E-state index in [1.165, 1.54) is 6.08 Å². The molecule has 0 atom stereocenters. The quantitative estimate of drug-likeness (QED) is 0.519. The molecule has 0 unspecified atom stereocenters. The van der Waals surface area contributed by atoms with E-state index < -0.39 is 0 Å². The Labute approximate surface area is 132 Å². The van der Waals surface area contributed by atoms with Crippen LogP contribution in [0.4, 0.5) is 0 Å². The van der Waals surface area contributed by atoms with Gasteiger partial charge in [-0.25, -0.2) is 0 Å². The molecule has 22 heavy (non-hydrogen) atoms. The van der Waals surface area contributed by atoms with Gasteiger partial charge in [0.25, 0.3) is 0 Å². The van der Waals surface area contributed by atoms with E-state index >= 15 is 0 Å². The molecule has 0 aliphatic heterocycles. The van der Waals surface area contributed by atoms with Crippen molar-refractivity contribution in [2.24, 2.45) is 0 Å². The molecule has 118 valence electrons. The van der Waals surface area contributed by atoms with Gasteiger partial charge in [0.15, 0.2) is 11.5 Å². The Hall–Kier alpha value is -2.49. The highest BCUT2D eigenvalue weighted by molar-refractivity contribution is 5.92. The van der Waals surface area contributed by atoms with Crippen LogP contribution in [0.1, 0.15) is 12.5 Å². The van der Waals surface area contributed by atoms with Gasteiger partial charge in [0.2, 0.25) is 5.91 Å². The minimum absolute atomic E-state index is 0.0901. The summed E-state index contributed by atoms with van der Waals surface area (Å²) < 4.78 is 10.8. The maximum Gasteiger partial charge on any atom is 0.247 e. The molecule has 1 aromatic rings. The fourth-order valence-electron chi connectivity index (χ4n) is 1.90. The topological polar surface area (TPSA) is 38.8 Å². The highest BCUT2D eigenvalue weighted by atomic mass is 16.5. The Bertz CT molecular complexity index is 539. The normalized spacial score (nSPS) is 10.3. The molecule has 0 saturated heterocycles. The summed E-state index contributed by atoms with van der Waals surface area (Å²) in [6.45, 7) is 10.8. The summed E-state index contributed by atoms with van der Waals surface area (Å²) in [5.41, 5.74) is 0.866. The lowest BCUT2D eigenvalue weighted by molar-refractivity contribution is -0.124. The van der Waals surface area contributed by atoms with Crippen molar-refractivity contribution in [3.05, 3.63) is 55.1 Å². The number of carbonyl (C=O) groups is 1. The number of hydrogen-bond acceptors (Lipinski definition) is 3. The van der Waals surface area contributed by atoms with Gasteiger partial charge in [-0.2, -0.15) is 0 Å². The molecule has 1 rings (SSSR count). The maximum atomic E-state index is 12.1. The second kappa shape index (κ2) is 9.45. The van der Waals surface area contributed by atoms with Gasteiger partial charge in [0, 0.05) is 19.2 Å². The molecule has 1 amide bonds. The van der Waals surface area contributed by atoms with E-state index in [4.69, 9.17) is 9.47 Å². The smallest absolute Gasteiger partial charge is 0.247 e. The van der Waals surface area contributed by atoms with Crippen LogP contribution in [0.15, 0.2) is 49.6 Å². The molecule has 0 N–H and O–H groups in total. The summed E-state index contributed by atoms with van der Waals surface area (Å²) in [6.07, 6.45) is 6.66. The summed E-state index contributed by atoms with van der Waals surface area (Å²) in [4.78, 5) is 13.7. The van der Waals surface area contributed by atoms with Crippen LogP contribution in [0.5, 0.6) is 11.5 Å². The molecule has 0 aliphatic rings. The van der Waals surface area contributed by atoms with E-state index in [1.807, 2.05) is 25.1 Å². The number of methoxy groups -OCH3 is 1. The van der Waals surface area contributed by atoms with Crippen LogP contribution >= 0.6 is 0 Å². The zero-order valence-corrected chi connectivity index (χ0v) is 13.2. The maximum absolute atomic E-state index is 12.1. The van der Waals surface area contributed by atoms with E-state index in [2.05, 4.69) is 13.2 Å². The number of benzene rings is 1. The Morgan fingerprint density at radius 1 is 1.23 bits per heavy atom. The fraction of sp³-hybridized carbons (Fsp3) is 0.278. The van der Waals surface area contributed by atoms with Crippen molar-refractivity contribution in [1.29, 1.82) is 0 Å². The molecule has 0 bridgehead atoms. The monoisotopic (exact) mass is 301 g/mol. The van der Waals surface area contributed by atoms with Crippen LogP contribution in [-0.2, 0) is 4.79 Å². The fourth-order valence-corrected chi connectivity index (χ4v) is 1.90. The van der Waals surface area contributed by atoms with Gasteiger partial charge < -0.3 is 14.4 Å². The van der Waals surface area contributed by atoms with Crippen molar-refractivity contribution < 1.29 is 14.3 Å². The first-order valence-corrected chi connectivity index (χ1v) is 7.15. The molecular weight excluding hydrogens is 278 g/mol. The molecule has 4 heteroatoms. The summed E-state index contributed by atoms with van der Waals surface area (Å²) in [5, 5.41) is 0. The van der Waals surface area contributed by atoms with Gasteiger partial charge in [-0.15, -0.1) is 13.2 Å². The van der Waals surface area contributed by atoms with Crippen molar-refractivity contribution in [3.8, 4) is 11.5 Å². The van der Waals surface area contributed by atoms with Crippen molar-refractivity contribution in [2.75, 3.05) is 26.8 Å². The Balaban J connectivity index is 2.86. The van der Waals surface area contributed by atoms with Crippen molar-refractivity contribution in [1.82, 2.24) is 4.90 Å². The van der Waals surface area contributed by atoms with Crippen LogP contribution in [0.25, 0.3) is 6.08 Å². The second-order valence-electron chi connectivity index (χ2n) is 4.50. The van der Waals surface area contributed by atoms with Crippen LogP contribution in [0.2, 0.25) is 0 Å². The van der Waals surface area contributed by atoms with Gasteiger partial charge >= 0.3 is 0 Å². The number of nitrogens with zero attached hydrogens (tertiary/aromatic N) is 1. The summed E-state index contributed by atoms with van der Waals surface area (Å²) in [5.74, 6) is 1.24. The molecule has 0 aromatic heterocycles. The molecule has 0 spiro atoms. The highest BCUT2D eigenvalue weighted by Crippen LogP contribution is 2.28. The third-order valence-corrected chi connectivity index (χ3v) is 2.92. The molecule has 1 aromatic carbocycles. The van der Waals surface area contributed by atoms with Gasteiger partial charge in [0.1, 0.15) is 0 Å². The van der Waals surface area contributed by atoms with Gasteiger partial charge in [-0.05, 0) is 30.7 Å². The minimum atomic E-state index is -0.0901. The highest BCUT2D eigenvalue weighted by Gasteiger charge is 2.07. The van der Waals surface area contributed by atoms with Gasteiger partial charge in [-0.3, -0.25) is 4.79 Å². The standard InChI is InChI=1S/C18H23NO3/c1-5-12-19(13-6-2)18(20)11-9-15-8-10-16(22-7-3)17(14-15)21-4/h5-6,8-11,14H,1-2,7,12-13H2,3-4H3. The van der Waals surface area contributed by atoms with Crippen LogP contribution < -0.4 is 9.47 Å². The first-order chi connectivity index (χ1) is 10.7. The van der Waals surface area contributed by atoms with Crippen molar-refractivity contribution >= 4 is 12.0 Å². The SMILES string of the molecule is C=CCN(CC=C)C(=O)C=Cc1ccc(OCC)c(OC)c1. The lowest BCUT2D eigenvalue weighted by atomic mass is 10.2. The van der Waals surface area contributed by atoms with Crippen LogP contribution in [-0.4, -0.2) is 37.6 Å². The molecule has 0 saturated carbocycles. The van der Waals surface area contributed by atoms with E-state index in [-0.39, 0.29) is 5.91 Å². The molecule has 0 aliphatic carbocycles. The van der Waals surface area contributed by atoms with Crippen molar-refractivity contribution in [3.63, 3.8) is 0 Å². The zero-order valence-electron chi connectivity index (χ0n) is 13.2. The van der Waals surface area contributed by atoms with E-state index in [0.717, 1.165) is 5.56 Å². The minimum Gasteiger partial charge on any atom is -0.493 e. The van der Waals surface area contributed by atoms with Crippen molar-refractivity contribution in [2.45, 2.75) is 6.92 Å². The number of ether oxygens (including phenoxy) is 2. The predicted octanol–water partition coefficient (Wildman–Crippen LogP) is 3.31. The van der Waals surface area contributed by atoms with E-state index in [0.29, 0.717) is 31.2 Å². The average Bonchev–Trinajstić information content (AvgIpc) is 2.53. The average molecular weight is 301 g/mol. The largest absolute Gasteiger partial charge is 0.493 e. The van der Waals surface area contributed by atoms with Gasteiger partial charge in [0.05, 0.1) is 13.7 Å². The first-order valence-electron chi connectivity index (χ1n) is 7.15. The van der Waals surface area contributed by atoms with E-state index in [9.17, 15) is 4.79 Å².